The van der Waals surface area contributed by atoms with Crippen LogP contribution in [0.1, 0.15) is 6.42 Å². The zero-order valence-corrected chi connectivity index (χ0v) is 5.47. The van der Waals surface area contributed by atoms with Crippen LogP contribution < -0.4 is 0 Å². The minimum absolute atomic E-state index is 0.913. The van der Waals surface area contributed by atoms with Gasteiger partial charge in [-0.2, -0.15) is 0 Å². The van der Waals surface area contributed by atoms with Crippen molar-refractivity contribution in [2.75, 3.05) is 0 Å². The molecule has 36 valence electrons. The van der Waals surface area contributed by atoms with Crippen molar-refractivity contribution in [2.24, 2.45) is 0 Å². The van der Waals surface area contributed by atoms with Gasteiger partial charge in [0.15, 0.2) is 0 Å². The van der Waals surface area contributed by atoms with Crippen LogP contribution in [0.5, 0.6) is 0 Å². The van der Waals surface area contributed by atoms with E-state index in [0.717, 1.165) is 6.42 Å². The summed E-state index contributed by atoms with van der Waals surface area (Å²) in [6.45, 7) is 0. The van der Waals surface area contributed by atoms with Gasteiger partial charge >= 0.3 is 49.5 Å². The molecule has 0 aromatic heterocycles. The Bertz CT molecular complexity index is 135. The Morgan fingerprint density at radius 1 is 1.71 bits per heavy atom. The number of rotatable bonds is 0. The van der Waals surface area contributed by atoms with E-state index >= 15 is 0 Å². The van der Waals surface area contributed by atoms with E-state index in [2.05, 4.69) is 15.6 Å². The molecule has 1 rings (SSSR count). The molecule has 0 spiro atoms. The Labute approximate surface area is 50.1 Å². The van der Waals surface area contributed by atoms with Crippen LogP contribution in [0, 0.1) is 0 Å². The Hall–Kier alpha value is -0.201. The van der Waals surface area contributed by atoms with Gasteiger partial charge < -0.3 is 0 Å². The first-order valence-electron chi connectivity index (χ1n) is 2.06. The van der Waals surface area contributed by atoms with Gasteiger partial charge in [0.05, 0.1) is 0 Å². The molecule has 0 amide bonds. The number of aldehydes is 1. The van der Waals surface area contributed by atoms with Crippen LogP contribution in [0.25, 0.3) is 0 Å². The summed E-state index contributed by atoms with van der Waals surface area (Å²) < 4.78 is 6.02. The van der Waals surface area contributed by atoms with E-state index in [9.17, 15) is 0 Å². The van der Waals surface area contributed by atoms with Gasteiger partial charge in [-0.1, -0.05) is 0 Å². The maximum absolute atomic E-state index is 4.79. The summed E-state index contributed by atoms with van der Waals surface area (Å²) in [5, 5.41) is 0. The molecule has 0 aromatic carbocycles. The summed E-state index contributed by atoms with van der Waals surface area (Å²) in [5.41, 5.74) is 0. The molecule has 7 heavy (non-hydrogen) atoms. The molecule has 0 atom stereocenters. The van der Waals surface area contributed by atoms with E-state index < -0.39 is 0 Å². The summed E-state index contributed by atoms with van der Waals surface area (Å²) >= 11 is 2.90. The first-order chi connectivity index (χ1) is 3.39. The zero-order valence-electron chi connectivity index (χ0n) is 3.76. The van der Waals surface area contributed by atoms with Crippen molar-refractivity contribution < 1.29 is 4.42 Å². The first-order valence-corrected chi connectivity index (χ1v) is 2.92. The van der Waals surface area contributed by atoms with Crippen molar-refractivity contribution in [1.82, 2.24) is 0 Å². The first kappa shape index (κ1) is 4.95. The normalized spacial score (nSPS) is 18.0. The van der Waals surface area contributed by atoms with Crippen molar-refractivity contribution in [3.63, 3.8) is 0 Å². The predicted octanol–water partition coefficient (Wildman–Crippen LogP) is -0.0207. The number of carbonyl (C=O) groups excluding carboxylic acids is 1. The van der Waals surface area contributed by atoms with E-state index in [4.69, 9.17) is 4.42 Å². The SMILES string of the molecule is [Se]=C1C=C[O+]=CC1. The number of allylic oxidation sites excluding steroid dienone is 1. The van der Waals surface area contributed by atoms with E-state index in [1.54, 1.807) is 12.5 Å². The van der Waals surface area contributed by atoms with Crippen LogP contribution in [0.3, 0.4) is 0 Å². The van der Waals surface area contributed by atoms with Crippen molar-refractivity contribution in [3.8, 4) is 0 Å². The van der Waals surface area contributed by atoms with Gasteiger partial charge in [0.25, 0.3) is 0 Å². The van der Waals surface area contributed by atoms with Gasteiger partial charge in [-0.25, -0.2) is 0 Å². The molecule has 0 fully saturated rings. The standard InChI is InChI=1S/C5H5OSe/c7-5-1-3-6-4-2-5/h1,3-4H,2H2/q+1. The third-order valence-electron chi connectivity index (χ3n) is 0.713. The van der Waals surface area contributed by atoms with Crippen molar-refractivity contribution in [2.45, 2.75) is 6.42 Å². The minimum atomic E-state index is 0.913. The summed E-state index contributed by atoms with van der Waals surface area (Å²) in [7, 11) is 0. The Morgan fingerprint density at radius 2 is 2.57 bits per heavy atom. The van der Waals surface area contributed by atoms with Gasteiger partial charge in [0.1, 0.15) is 0 Å². The fraction of sp³-hybridized carbons (Fsp3) is 0.200. The zero-order chi connectivity index (χ0) is 5.11. The van der Waals surface area contributed by atoms with Crippen LogP contribution in [0.4, 0.5) is 0 Å². The van der Waals surface area contributed by atoms with Gasteiger partial charge in [-0.3, -0.25) is 0 Å². The second kappa shape index (κ2) is 2.20. The van der Waals surface area contributed by atoms with Crippen molar-refractivity contribution in [1.29, 1.82) is 0 Å². The number of hydrogen-bond donors (Lipinski definition) is 0. The average Bonchev–Trinajstić information content (AvgIpc) is 1.69. The third-order valence-corrected chi connectivity index (χ3v) is 1.35. The van der Waals surface area contributed by atoms with Crippen molar-refractivity contribution in [3.05, 3.63) is 12.3 Å². The molecule has 2 heteroatoms. The molecular formula is C5H5OSe+. The second-order valence-electron chi connectivity index (χ2n) is 1.28. The Kier molecular flexibility index (Phi) is 1.55. The fourth-order valence-corrected chi connectivity index (χ4v) is 0.628. The molecule has 0 radical (unpaired) electrons. The van der Waals surface area contributed by atoms with Gasteiger partial charge in [0.2, 0.25) is 0 Å². The Balaban J connectivity index is 2.66. The van der Waals surface area contributed by atoms with Gasteiger partial charge in [0, 0.05) is 0 Å². The van der Waals surface area contributed by atoms with Crippen LogP contribution in [-0.4, -0.2) is 26.3 Å². The van der Waals surface area contributed by atoms with E-state index in [1.807, 2.05) is 6.08 Å². The molecule has 0 aliphatic carbocycles. The third kappa shape index (κ3) is 1.38. The molecule has 0 unspecified atom stereocenters. The quantitative estimate of drug-likeness (QED) is 0.268. The molecule has 0 saturated carbocycles. The van der Waals surface area contributed by atoms with E-state index in [-0.39, 0.29) is 0 Å². The molecule has 1 aliphatic rings. The van der Waals surface area contributed by atoms with E-state index in [1.165, 1.54) is 4.42 Å². The predicted molar refractivity (Wildman–Crippen MR) is 30.6 cm³/mol. The molecule has 0 bridgehead atoms. The molecule has 1 nitrogen and oxygen atoms in total. The molecule has 1 heterocycles. The Morgan fingerprint density at radius 3 is 2.86 bits per heavy atom. The summed E-state index contributed by atoms with van der Waals surface area (Å²) in [5.74, 6) is 0. The molecule has 0 aromatic rings. The van der Waals surface area contributed by atoms with E-state index in [0.29, 0.717) is 0 Å². The van der Waals surface area contributed by atoms with Crippen LogP contribution in [0.2, 0.25) is 0 Å². The maximum atomic E-state index is 4.79. The topological polar surface area (TPSA) is 11.3 Å². The van der Waals surface area contributed by atoms with Crippen LogP contribution in [0.15, 0.2) is 12.3 Å². The van der Waals surface area contributed by atoms with Crippen molar-refractivity contribution >= 4 is 26.3 Å². The molecule has 1 aliphatic heterocycles. The monoisotopic (exact) mass is 161 g/mol. The molecule has 0 N–H and O–H groups in total. The van der Waals surface area contributed by atoms with Gasteiger partial charge in [-0.05, 0) is 0 Å². The van der Waals surface area contributed by atoms with Crippen LogP contribution in [-0.2, 0) is 4.42 Å². The second-order valence-corrected chi connectivity index (χ2v) is 2.38. The molecule has 0 saturated heterocycles. The fourth-order valence-electron chi connectivity index (χ4n) is 0.369. The van der Waals surface area contributed by atoms with Crippen LogP contribution >= 0.6 is 0 Å². The summed E-state index contributed by atoms with van der Waals surface area (Å²) in [6.07, 6.45) is 6.25. The summed E-state index contributed by atoms with van der Waals surface area (Å²) in [4.78, 5) is 0. The average molecular weight is 160 g/mol. The van der Waals surface area contributed by atoms with Gasteiger partial charge in [-0.15, -0.1) is 0 Å². The number of hydrogen-bond acceptors (Lipinski definition) is 0. The summed E-state index contributed by atoms with van der Waals surface area (Å²) in [6, 6.07) is 0. The molecular weight excluding hydrogens is 155 g/mol.